The van der Waals surface area contributed by atoms with E-state index in [9.17, 15) is 30.8 Å². The molecule has 0 saturated carbocycles. The van der Waals surface area contributed by atoms with Gasteiger partial charge < -0.3 is 4.74 Å². The maximum absolute atomic E-state index is 14.5. The van der Waals surface area contributed by atoms with Crippen LogP contribution in [0.3, 0.4) is 0 Å². The second-order valence-electron chi connectivity index (χ2n) is 7.31. The molecular weight excluding hydrogens is 506 g/mol. The van der Waals surface area contributed by atoms with Gasteiger partial charge in [0.25, 0.3) is 5.91 Å². The van der Waals surface area contributed by atoms with Gasteiger partial charge in [-0.1, -0.05) is 18.2 Å². The smallest absolute Gasteiger partial charge is 0.267 e. The minimum absolute atomic E-state index is 0.0800. The minimum Gasteiger partial charge on any atom is -0.496 e. The molecule has 190 valence electrons. The summed E-state index contributed by atoms with van der Waals surface area (Å²) in [6.45, 7) is -0.820. The van der Waals surface area contributed by atoms with Gasteiger partial charge in [-0.2, -0.15) is 4.31 Å². The lowest BCUT2D eigenvalue weighted by Crippen LogP contribution is -2.31. The van der Waals surface area contributed by atoms with Crippen molar-refractivity contribution in [1.82, 2.24) is 14.8 Å². The summed E-state index contributed by atoms with van der Waals surface area (Å²) in [5.74, 6) is -8.92. The first-order chi connectivity index (χ1) is 17.1. The van der Waals surface area contributed by atoms with Crippen LogP contribution in [0.2, 0.25) is 0 Å². The highest BCUT2D eigenvalue weighted by Gasteiger charge is 2.33. The molecule has 1 heterocycles. The van der Waals surface area contributed by atoms with Crippen LogP contribution in [0.15, 0.2) is 59.8 Å². The van der Waals surface area contributed by atoms with Crippen LogP contribution in [-0.2, 0) is 27.9 Å². The third-order valence-corrected chi connectivity index (χ3v) is 6.75. The molecule has 36 heavy (non-hydrogen) atoms. The third kappa shape index (κ3) is 5.87. The Morgan fingerprint density at radius 2 is 1.86 bits per heavy atom. The number of hydrogen-bond acceptors (Lipinski definition) is 6. The molecule has 0 radical (unpaired) electrons. The van der Waals surface area contributed by atoms with E-state index in [0.29, 0.717) is 11.1 Å². The monoisotopic (exact) mass is 525 g/mol. The average Bonchev–Trinajstić information content (AvgIpc) is 2.88. The Kier molecular flexibility index (Phi) is 8.40. The van der Waals surface area contributed by atoms with Crippen LogP contribution in [0.1, 0.15) is 16.7 Å². The van der Waals surface area contributed by atoms with Crippen molar-refractivity contribution in [1.29, 1.82) is 0 Å². The standard InChI is InChI=1S/C23H19F4N3O5S/c1-35-18-9-14(5-7-20(31)29-32)4-6-16(18)13-30(12-15-3-2-8-28-11-15)36(33,34)19-10-17(24)21(25)23(27)22(19)26/h2-11,32H,12-13H2,1H3,(H,29,31)/b7-5+. The summed E-state index contributed by atoms with van der Waals surface area (Å²) >= 11 is 0. The first-order valence-corrected chi connectivity index (χ1v) is 11.5. The van der Waals surface area contributed by atoms with Crippen molar-refractivity contribution < 1.29 is 40.7 Å². The number of rotatable bonds is 9. The van der Waals surface area contributed by atoms with E-state index in [1.807, 2.05) is 0 Å². The quantitative estimate of drug-likeness (QED) is 0.110. The topological polar surface area (TPSA) is 109 Å². The Morgan fingerprint density at radius 1 is 1.11 bits per heavy atom. The van der Waals surface area contributed by atoms with Crippen LogP contribution < -0.4 is 10.2 Å². The van der Waals surface area contributed by atoms with Gasteiger partial charge in [0.15, 0.2) is 23.3 Å². The molecule has 13 heteroatoms. The molecule has 1 aromatic heterocycles. The number of hydroxylamine groups is 1. The van der Waals surface area contributed by atoms with Crippen LogP contribution in [0.25, 0.3) is 6.08 Å². The summed E-state index contributed by atoms with van der Waals surface area (Å²) in [6.07, 6.45) is 5.18. The molecule has 1 amide bonds. The van der Waals surface area contributed by atoms with Gasteiger partial charge in [-0.3, -0.25) is 15.0 Å². The molecule has 0 aliphatic carbocycles. The lowest BCUT2D eigenvalue weighted by Gasteiger charge is -2.24. The molecule has 0 unspecified atom stereocenters. The molecule has 3 aromatic rings. The van der Waals surface area contributed by atoms with Gasteiger partial charge >= 0.3 is 0 Å². The zero-order valence-corrected chi connectivity index (χ0v) is 19.4. The van der Waals surface area contributed by atoms with Gasteiger partial charge in [0, 0.05) is 43.2 Å². The number of ether oxygens (including phenoxy) is 1. The van der Waals surface area contributed by atoms with Gasteiger partial charge in [0.1, 0.15) is 10.6 Å². The van der Waals surface area contributed by atoms with Crippen molar-refractivity contribution in [2.24, 2.45) is 0 Å². The van der Waals surface area contributed by atoms with Crippen molar-refractivity contribution in [2.45, 2.75) is 18.0 Å². The second-order valence-corrected chi connectivity index (χ2v) is 9.22. The van der Waals surface area contributed by atoms with Gasteiger partial charge in [-0.25, -0.2) is 31.5 Å². The van der Waals surface area contributed by atoms with E-state index in [1.54, 1.807) is 0 Å². The molecular formula is C23H19F4N3O5S. The second kappa shape index (κ2) is 11.3. The Morgan fingerprint density at radius 3 is 2.50 bits per heavy atom. The molecule has 2 aromatic carbocycles. The minimum atomic E-state index is -4.92. The Hall–Kier alpha value is -3.81. The number of benzene rings is 2. The summed E-state index contributed by atoms with van der Waals surface area (Å²) in [5.41, 5.74) is 2.53. The fourth-order valence-electron chi connectivity index (χ4n) is 3.19. The van der Waals surface area contributed by atoms with E-state index in [-0.39, 0.29) is 23.9 Å². The lowest BCUT2D eigenvalue weighted by atomic mass is 10.1. The van der Waals surface area contributed by atoms with Crippen LogP contribution >= 0.6 is 0 Å². The summed E-state index contributed by atoms with van der Waals surface area (Å²) in [6, 6.07) is 7.58. The van der Waals surface area contributed by atoms with Gasteiger partial charge in [-0.05, 0) is 29.3 Å². The van der Waals surface area contributed by atoms with Crippen LogP contribution in [0.4, 0.5) is 17.6 Å². The predicted molar refractivity (Wildman–Crippen MR) is 119 cm³/mol. The highest BCUT2D eigenvalue weighted by atomic mass is 32.2. The summed E-state index contributed by atoms with van der Waals surface area (Å²) in [5, 5.41) is 8.58. The summed E-state index contributed by atoms with van der Waals surface area (Å²) in [4.78, 5) is 13.7. The number of amides is 1. The Bertz CT molecular complexity index is 1400. The summed E-state index contributed by atoms with van der Waals surface area (Å²) < 4.78 is 88.4. The van der Waals surface area contributed by atoms with Gasteiger partial charge in [0.05, 0.1) is 7.11 Å². The molecule has 0 atom stereocenters. The number of methoxy groups -OCH3 is 1. The molecule has 3 rings (SSSR count). The highest BCUT2D eigenvalue weighted by molar-refractivity contribution is 7.89. The van der Waals surface area contributed by atoms with E-state index in [1.165, 1.54) is 61.4 Å². The molecule has 0 aliphatic rings. The van der Waals surface area contributed by atoms with Crippen molar-refractivity contribution in [3.63, 3.8) is 0 Å². The van der Waals surface area contributed by atoms with E-state index in [4.69, 9.17) is 9.94 Å². The first kappa shape index (κ1) is 26.8. The largest absolute Gasteiger partial charge is 0.496 e. The van der Waals surface area contributed by atoms with Crippen LogP contribution in [0.5, 0.6) is 5.75 Å². The lowest BCUT2D eigenvalue weighted by molar-refractivity contribution is -0.124. The maximum Gasteiger partial charge on any atom is 0.267 e. The molecule has 0 aliphatic heterocycles. The molecule has 0 fully saturated rings. The molecule has 2 N–H and O–H groups in total. The Labute approximate surface area is 203 Å². The summed E-state index contributed by atoms with van der Waals surface area (Å²) in [7, 11) is -3.61. The normalized spacial score (nSPS) is 11.8. The number of carbonyl (C=O) groups is 1. The fourth-order valence-corrected chi connectivity index (χ4v) is 4.67. The fraction of sp³-hybridized carbons (Fsp3) is 0.130. The number of pyridine rings is 1. The van der Waals surface area contributed by atoms with Crippen LogP contribution in [0, 0.1) is 23.3 Å². The molecule has 8 nitrogen and oxygen atoms in total. The molecule has 0 saturated heterocycles. The maximum atomic E-state index is 14.5. The molecule has 0 spiro atoms. The number of nitrogens with one attached hydrogen (secondary N) is 1. The van der Waals surface area contributed by atoms with E-state index in [2.05, 4.69) is 4.98 Å². The zero-order chi connectivity index (χ0) is 26.5. The number of nitrogens with zero attached hydrogens (tertiary/aromatic N) is 2. The molecule has 0 bridgehead atoms. The Balaban J connectivity index is 2.07. The number of aromatic nitrogens is 1. The number of sulfonamides is 1. The predicted octanol–water partition coefficient (Wildman–Crippen LogP) is 3.56. The van der Waals surface area contributed by atoms with Crippen LogP contribution in [-0.4, -0.2) is 35.9 Å². The number of halogens is 4. The van der Waals surface area contributed by atoms with E-state index < -0.39 is 50.6 Å². The average molecular weight is 525 g/mol. The third-order valence-electron chi connectivity index (χ3n) is 4.96. The van der Waals surface area contributed by atoms with E-state index in [0.717, 1.165) is 10.4 Å². The van der Waals surface area contributed by atoms with E-state index >= 15 is 0 Å². The van der Waals surface area contributed by atoms with Gasteiger partial charge in [0.2, 0.25) is 10.0 Å². The van der Waals surface area contributed by atoms with Crippen molar-refractivity contribution in [3.8, 4) is 5.75 Å². The van der Waals surface area contributed by atoms with Crippen molar-refractivity contribution in [3.05, 3.63) is 94.8 Å². The first-order valence-electron chi connectivity index (χ1n) is 10.1. The number of carbonyl (C=O) groups excluding carboxylic acids is 1. The van der Waals surface area contributed by atoms with Crippen molar-refractivity contribution >= 4 is 22.0 Å². The zero-order valence-electron chi connectivity index (χ0n) is 18.6. The van der Waals surface area contributed by atoms with Gasteiger partial charge in [-0.15, -0.1) is 0 Å². The number of hydrogen-bond donors (Lipinski definition) is 2. The SMILES string of the molecule is COc1cc(/C=C/C(=O)NO)ccc1CN(Cc1cccnc1)S(=O)(=O)c1cc(F)c(F)c(F)c1F. The highest BCUT2D eigenvalue weighted by Crippen LogP contribution is 2.30. The van der Waals surface area contributed by atoms with Crippen molar-refractivity contribution in [2.75, 3.05) is 7.11 Å².